The van der Waals surface area contributed by atoms with Crippen LogP contribution in [0.3, 0.4) is 0 Å². The van der Waals surface area contributed by atoms with Crippen molar-refractivity contribution in [2.75, 3.05) is 0 Å². The van der Waals surface area contributed by atoms with E-state index in [-0.39, 0.29) is 0 Å². The molecule has 0 aromatic heterocycles. The summed E-state index contributed by atoms with van der Waals surface area (Å²) in [6, 6.07) is 11.2. The van der Waals surface area contributed by atoms with Crippen LogP contribution in [0.1, 0.15) is 61.8 Å². The third-order valence-corrected chi connectivity index (χ3v) is 5.08. The Bertz CT molecular complexity index is 968. The lowest BCUT2D eigenvalue weighted by atomic mass is 9.92. The first-order valence-electron chi connectivity index (χ1n) is 11.1. The lowest BCUT2D eigenvalue weighted by Crippen LogP contribution is -2.08. The summed E-state index contributed by atoms with van der Waals surface area (Å²) in [5.41, 5.74) is 4.43. The summed E-state index contributed by atoms with van der Waals surface area (Å²) in [6.45, 7) is 11.2. The van der Waals surface area contributed by atoms with Crippen LogP contribution in [0.4, 0.5) is 0 Å². The van der Waals surface area contributed by atoms with Crippen molar-refractivity contribution in [3.8, 4) is 11.5 Å². The molecule has 0 aliphatic carbocycles. The van der Waals surface area contributed by atoms with Gasteiger partial charge < -0.3 is 9.47 Å². The fourth-order valence-corrected chi connectivity index (χ4v) is 3.36. The maximum Gasteiger partial charge on any atom is 0.335 e. The van der Waals surface area contributed by atoms with E-state index in [1.165, 1.54) is 11.6 Å². The number of unbranched alkanes of at least 4 members (excludes halogenated alkanes) is 2. The Labute approximate surface area is 191 Å². The lowest BCUT2D eigenvalue weighted by molar-refractivity contribution is -0.129. The molecule has 2 aromatic carbocycles. The van der Waals surface area contributed by atoms with Gasteiger partial charge in [0.15, 0.2) is 0 Å². The summed E-state index contributed by atoms with van der Waals surface area (Å²) in [5, 5.41) is 0. The minimum absolute atomic E-state index is 0.440. The molecule has 0 saturated carbocycles. The third-order valence-electron chi connectivity index (χ3n) is 5.08. The normalized spacial score (nSPS) is 10.7. The van der Waals surface area contributed by atoms with Gasteiger partial charge in [0, 0.05) is 12.2 Å². The van der Waals surface area contributed by atoms with Crippen LogP contribution >= 0.6 is 0 Å². The van der Waals surface area contributed by atoms with Crippen molar-refractivity contribution in [2.24, 2.45) is 0 Å². The van der Waals surface area contributed by atoms with Crippen LogP contribution in [-0.4, -0.2) is 11.9 Å². The summed E-state index contributed by atoms with van der Waals surface area (Å²) in [4.78, 5) is 23.2. The van der Waals surface area contributed by atoms with E-state index < -0.39 is 11.9 Å². The molecule has 168 valence electrons. The minimum Gasteiger partial charge on any atom is -0.423 e. The topological polar surface area (TPSA) is 52.6 Å². The maximum absolute atomic E-state index is 11.9. The molecule has 0 atom stereocenters. The number of ether oxygens (including phenoxy) is 2. The van der Waals surface area contributed by atoms with E-state index in [4.69, 9.17) is 9.47 Å². The van der Waals surface area contributed by atoms with Gasteiger partial charge in [0.2, 0.25) is 0 Å². The van der Waals surface area contributed by atoms with Gasteiger partial charge in [0.1, 0.15) is 11.5 Å². The number of benzene rings is 2. The van der Waals surface area contributed by atoms with Crippen molar-refractivity contribution >= 4 is 24.1 Å². The van der Waals surface area contributed by atoms with Crippen molar-refractivity contribution in [1.82, 2.24) is 0 Å². The molecule has 4 nitrogen and oxygen atoms in total. The predicted octanol–water partition coefficient (Wildman–Crippen LogP) is 6.73. The van der Waals surface area contributed by atoms with Gasteiger partial charge in [-0.05, 0) is 66.1 Å². The fourth-order valence-electron chi connectivity index (χ4n) is 3.36. The molecule has 0 radical (unpaired) electrons. The summed E-state index contributed by atoms with van der Waals surface area (Å²) in [6.07, 6.45) is 12.5. The number of hydrogen-bond donors (Lipinski definition) is 0. The average Bonchev–Trinajstić information content (AvgIpc) is 2.81. The maximum atomic E-state index is 11.9. The first-order valence-corrected chi connectivity index (χ1v) is 11.1. The molecule has 0 fully saturated rings. The van der Waals surface area contributed by atoms with E-state index in [1.807, 2.05) is 30.3 Å². The predicted molar refractivity (Wildman–Crippen MR) is 131 cm³/mol. The summed E-state index contributed by atoms with van der Waals surface area (Å²) in [5.74, 6) is 0.182. The molecule has 0 aliphatic rings. The molecule has 4 heteroatoms. The first-order chi connectivity index (χ1) is 15.5. The molecule has 0 aliphatic heterocycles. The Balaban J connectivity index is 2.37. The highest BCUT2D eigenvalue weighted by molar-refractivity contribution is 5.84. The number of carbonyl (C=O) groups is 2. The molecule has 0 amide bonds. The Morgan fingerprint density at radius 1 is 0.781 bits per heavy atom. The summed E-state index contributed by atoms with van der Waals surface area (Å²) >= 11 is 0. The van der Waals surface area contributed by atoms with Crippen molar-refractivity contribution in [1.29, 1.82) is 0 Å². The van der Waals surface area contributed by atoms with Crippen LogP contribution in [0.5, 0.6) is 11.5 Å². The SMILES string of the molecule is C=CC(=O)Oc1ccc(C=Cc2ccc(OC(=O)C=C)c(CCCC)c2CCCC)cc1. The van der Waals surface area contributed by atoms with Gasteiger partial charge in [-0.1, -0.05) is 70.2 Å². The van der Waals surface area contributed by atoms with Crippen LogP contribution in [0.2, 0.25) is 0 Å². The Kier molecular flexibility index (Phi) is 10.2. The smallest absolute Gasteiger partial charge is 0.335 e. The molecule has 2 aromatic rings. The quantitative estimate of drug-likeness (QED) is 0.162. The first kappa shape index (κ1) is 24.9. The van der Waals surface area contributed by atoms with Crippen molar-refractivity contribution in [2.45, 2.75) is 52.4 Å². The molecule has 0 heterocycles. The molecule has 0 unspecified atom stereocenters. The highest BCUT2D eigenvalue weighted by Gasteiger charge is 2.15. The van der Waals surface area contributed by atoms with Crippen molar-refractivity contribution < 1.29 is 19.1 Å². The summed E-state index contributed by atoms with van der Waals surface area (Å²) in [7, 11) is 0. The van der Waals surface area contributed by atoms with Gasteiger partial charge in [0.05, 0.1) is 0 Å². The zero-order chi connectivity index (χ0) is 23.3. The van der Waals surface area contributed by atoms with Crippen LogP contribution in [-0.2, 0) is 22.4 Å². The molecule has 0 saturated heterocycles. The Morgan fingerprint density at radius 3 is 1.97 bits per heavy atom. The van der Waals surface area contributed by atoms with Gasteiger partial charge in [-0.25, -0.2) is 9.59 Å². The molecular weight excluding hydrogens is 400 g/mol. The lowest BCUT2D eigenvalue weighted by Gasteiger charge is -2.17. The third kappa shape index (κ3) is 7.38. The molecule has 32 heavy (non-hydrogen) atoms. The molecule has 0 spiro atoms. The summed E-state index contributed by atoms with van der Waals surface area (Å²) < 4.78 is 10.7. The van der Waals surface area contributed by atoms with E-state index in [0.717, 1.165) is 61.3 Å². The number of esters is 2. The van der Waals surface area contributed by atoms with Crippen LogP contribution in [0.25, 0.3) is 12.2 Å². The van der Waals surface area contributed by atoms with Crippen molar-refractivity contribution in [3.05, 3.63) is 84.0 Å². The van der Waals surface area contributed by atoms with E-state index in [9.17, 15) is 9.59 Å². The Morgan fingerprint density at radius 2 is 1.38 bits per heavy atom. The zero-order valence-corrected chi connectivity index (χ0v) is 19.1. The molecule has 0 bridgehead atoms. The standard InChI is InChI=1S/C28H32O4/c1-5-9-11-24-22(16-13-21-14-18-23(19-15-21)31-27(29)7-3)17-20-26(32-28(30)8-4)25(24)12-10-6-2/h7-8,13-20H,3-6,9-12H2,1-2H3. The van der Waals surface area contributed by atoms with Crippen LogP contribution in [0.15, 0.2) is 61.7 Å². The van der Waals surface area contributed by atoms with Gasteiger partial charge in [-0.15, -0.1) is 0 Å². The van der Waals surface area contributed by atoms with Gasteiger partial charge in [0.25, 0.3) is 0 Å². The monoisotopic (exact) mass is 432 g/mol. The zero-order valence-electron chi connectivity index (χ0n) is 19.1. The number of hydrogen-bond acceptors (Lipinski definition) is 4. The Hall–Kier alpha value is -3.40. The second-order valence-electron chi connectivity index (χ2n) is 7.47. The largest absolute Gasteiger partial charge is 0.423 e. The second-order valence-corrected chi connectivity index (χ2v) is 7.47. The molecule has 0 N–H and O–H groups in total. The number of rotatable bonds is 12. The number of carbonyl (C=O) groups excluding carboxylic acids is 2. The van der Waals surface area contributed by atoms with E-state index in [2.05, 4.69) is 33.1 Å². The fraction of sp³-hybridized carbons (Fsp3) is 0.286. The second kappa shape index (κ2) is 13.1. The van der Waals surface area contributed by atoms with Gasteiger partial charge in [-0.3, -0.25) is 0 Å². The van der Waals surface area contributed by atoms with Crippen LogP contribution < -0.4 is 9.47 Å². The van der Waals surface area contributed by atoms with E-state index in [0.29, 0.717) is 11.5 Å². The van der Waals surface area contributed by atoms with E-state index in [1.54, 1.807) is 12.1 Å². The average molecular weight is 433 g/mol. The molecule has 2 rings (SSSR count). The van der Waals surface area contributed by atoms with Gasteiger partial charge in [-0.2, -0.15) is 0 Å². The van der Waals surface area contributed by atoms with Crippen LogP contribution in [0, 0.1) is 0 Å². The molecular formula is C28H32O4. The minimum atomic E-state index is -0.481. The highest BCUT2D eigenvalue weighted by atomic mass is 16.5. The highest BCUT2D eigenvalue weighted by Crippen LogP contribution is 2.31. The van der Waals surface area contributed by atoms with E-state index >= 15 is 0 Å². The van der Waals surface area contributed by atoms with Crippen molar-refractivity contribution in [3.63, 3.8) is 0 Å². The van der Waals surface area contributed by atoms with Gasteiger partial charge >= 0.3 is 11.9 Å².